The first-order valence-electron chi connectivity index (χ1n) is 10.0. The molecule has 0 spiro atoms. The number of ketones is 1. The Balaban J connectivity index is 1.38. The third kappa shape index (κ3) is 4.63. The van der Waals surface area contributed by atoms with Gasteiger partial charge < -0.3 is 0 Å². The zero-order chi connectivity index (χ0) is 20.4. The van der Waals surface area contributed by atoms with Crippen LogP contribution in [0.5, 0.6) is 0 Å². The van der Waals surface area contributed by atoms with Crippen LogP contribution in [0.15, 0.2) is 48.7 Å². The van der Waals surface area contributed by atoms with Crippen molar-refractivity contribution in [3.63, 3.8) is 0 Å². The molecule has 4 rings (SSSR count). The number of hydrogen-bond acceptors (Lipinski definition) is 3. The maximum absolute atomic E-state index is 13.0. The van der Waals surface area contributed by atoms with Crippen LogP contribution in [0.1, 0.15) is 29.7 Å². The van der Waals surface area contributed by atoms with Crippen molar-refractivity contribution in [2.75, 3.05) is 13.1 Å². The number of Topliss-reactive ketones (excluding diaryl/α,β-unsaturated/α-hetero) is 1. The zero-order valence-corrected chi connectivity index (χ0v) is 18.0. The number of benzene rings is 2. The first-order valence-corrected chi connectivity index (χ1v) is 10.8. The summed E-state index contributed by atoms with van der Waals surface area (Å²) in [6, 6.07) is 13.8. The highest BCUT2D eigenvalue weighted by Crippen LogP contribution is 2.27. The van der Waals surface area contributed by atoms with Crippen molar-refractivity contribution in [1.29, 1.82) is 0 Å². The molecule has 5 heteroatoms. The maximum Gasteiger partial charge on any atom is 0.140 e. The number of piperidine rings is 1. The molecular formula is C24H24Cl2N2O. The first kappa shape index (κ1) is 20.3. The third-order valence-electron chi connectivity index (χ3n) is 5.91. The second kappa shape index (κ2) is 8.83. The van der Waals surface area contributed by atoms with Gasteiger partial charge in [-0.2, -0.15) is 0 Å². The summed E-state index contributed by atoms with van der Waals surface area (Å²) in [5.74, 6) is 0.473. The van der Waals surface area contributed by atoms with Crippen LogP contribution in [-0.2, 0) is 17.8 Å². The molecule has 0 bridgehead atoms. The largest absolute Gasteiger partial charge is 0.299 e. The van der Waals surface area contributed by atoms with Crippen LogP contribution in [0.25, 0.3) is 10.8 Å². The fourth-order valence-electron chi connectivity index (χ4n) is 4.21. The van der Waals surface area contributed by atoms with Crippen molar-refractivity contribution < 1.29 is 4.79 Å². The minimum Gasteiger partial charge on any atom is -0.299 e. The summed E-state index contributed by atoms with van der Waals surface area (Å²) < 4.78 is 0. The molecule has 1 aromatic heterocycles. The number of halogens is 2. The molecule has 2 heterocycles. The van der Waals surface area contributed by atoms with Gasteiger partial charge in [-0.25, -0.2) is 0 Å². The van der Waals surface area contributed by atoms with Crippen molar-refractivity contribution in [3.05, 3.63) is 75.5 Å². The molecule has 1 saturated heterocycles. The molecule has 29 heavy (non-hydrogen) atoms. The number of likely N-dealkylation sites (tertiary alicyclic amines) is 1. The number of aromatic nitrogens is 1. The second-order valence-corrected chi connectivity index (χ2v) is 8.68. The summed E-state index contributed by atoms with van der Waals surface area (Å²) >= 11 is 12.3. The predicted octanol–water partition coefficient (Wildman–Crippen LogP) is 5.87. The normalized spacial score (nSPS) is 15.7. The second-order valence-electron chi connectivity index (χ2n) is 7.84. The van der Waals surface area contributed by atoms with Gasteiger partial charge >= 0.3 is 0 Å². The number of nitrogens with zero attached hydrogens (tertiary/aromatic N) is 2. The van der Waals surface area contributed by atoms with E-state index in [1.807, 2.05) is 37.4 Å². The molecule has 150 valence electrons. The number of aryl methyl sites for hydroxylation is 1. The molecule has 1 fully saturated rings. The van der Waals surface area contributed by atoms with Crippen LogP contribution in [0, 0.1) is 12.8 Å². The molecule has 0 saturated carbocycles. The smallest absolute Gasteiger partial charge is 0.140 e. The van der Waals surface area contributed by atoms with E-state index in [9.17, 15) is 4.79 Å². The van der Waals surface area contributed by atoms with Crippen molar-refractivity contribution in [2.24, 2.45) is 5.92 Å². The number of carbonyl (C=O) groups is 1. The summed E-state index contributed by atoms with van der Waals surface area (Å²) in [7, 11) is 0. The van der Waals surface area contributed by atoms with Gasteiger partial charge in [-0.1, -0.05) is 47.5 Å². The van der Waals surface area contributed by atoms with E-state index in [1.54, 1.807) is 6.07 Å². The van der Waals surface area contributed by atoms with E-state index in [1.165, 1.54) is 0 Å². The van der Waals surface area contributed by atoms with Crippen molar-refractivity contribution >= 4 is 39.8 Å². The molecule has 0 unspecified atom stereocenters. The molecule has 3 nitrogen and oxygen atoms in total. The molecule has 0 atom stereocenters. The lowest BCUT2D eigenvalue weighted by atomic mass is 9.88. The summed E-state index contributed by atoms with van der Waals surface area (Å²) in [6.45, 7) is 4.63. The number of pyridine rings is 1. The highest BCUT2D eigenvalue weighted by Gasteiger charge is 2.25. The molecule has 0 N–H and O–H groups in total. The first-order chi connectivity index (χ1) is 14.0. The van der Waals surface area contributed by atoms with Crippen molar-refractivity contribution in [3.8, 4) is 0 Å². The average molecular weight is 427 g/mol. The number of carbonyl (C=O) groups excluding carboxylic acids is 1. The van der Waals surface area contributed by atoms with Gasteiger partial charge in [0.25, 0.3) is 0 Å². The van der Waals surface area contributed by atoms with Gasteiger partial charge in [-0.3, -0.25) is 14.7 Å². The molecule has 0 radical (unpaired) electrons. The highest BCUT2D eigenvalue weighted by atomic mass is 35.5. The molecule has 2 aromatic carbocycles. The molecule has 1 aliphatic heterocycles. The number of hydrogen-bond donors (Lipinski definition) is 0. The molecule has 3 aromatic rings. The zero-order valence-electron chi connectivity index (χ0n) is 16.5. The Morgan fingerprint density at radius 2 is 1.86 bits per heavy atom. The third-order valence-corrected chi connectivity index (χ3v) is 6.50. The van der Waals surface area contributed by atoms with E-state index in [-0.39, 0.29) is 5.92 Å². The fourth-order valence-corrected chi connectivity index (χ4v) is 4.68. The van der Waals surface area contributed by atoms with E-state index in [0.29, 0.717) is 22.2 Å². The molecule has 0 aliphatic carbocycles. The highest BCUT2D eigenvalue weighted by molar-refractivity contribution is 6.35. The summed E-state index contributed by atoms with van der Waals surface area (Å²) in [6.07, 6.45) is 4.12. The topological polar surface area (TPSA) is 33.2 Å². The fraction of sp³-hybridized carbons (Fsp3) is 0.333. The summed E-state index contributed by atoms with van der Waals surface area (Å²) in [5.41, 5.74) is 3.19. The lowest BCUT2D eigenvalue weighted by molar-refractivity contribution is -0.123. The van der Waals surface area contributed by atoms with Crippen molar-refractivity contribution in [1.82, 2.24) is 9.88 Å². The molecule has 1 aliphatic rings. The van der Waals surface area contributed by atoms with Gasteiger partial charge in [0, 0.05) is 46.2 Å². The van der Waals surface area contributed by atoms with Crippen LogP contribution >= 0.6 is 23.2 Å². The van der Waals surface area contributed by atoms with Gasteiger partial charge in [0.1, 0.15) is 5.78 Å². The van der Waals surface area contributed by atoms with Crippen LogP contribution in [0.4, 0.5) is 0 Å². The van der Waals surface area contributed by atoms with Crippen LogP contribution < -0.4 is 0 Å². The molecular weight excluding hydrogens is 403 g/mol. The minimum absolute atomic E-state index is 0.130. The van der Waals surface area contributed by atoms with Gasteiger partial charge in [0.2, 0.25) is 0 Å². The Kier molecular flexibility index (Phi) is 6.19. The van der Waals surface area contributed by atoms with E-state index in [2.05, 4.69) is 22.0 Å². The van der Waals surface area contributed by atoms with Crippen LogP contribution in [-0.4, -0.2) is 28.8 Å². The number of fused-ring (bicyclic) bond motifs is 1. The Hall–Kier alpha value is -1.94. The average Bonchev–Trinajstić information content (AvgIpc) is 2.71. The lowest BCUT2D eigenvalue weighted by Crippen LogP contribution is -2.36. The molecule has 0 amide bonds. The quantitative estimate of drug-likeness (QED) is 0.510. The SMILES string of the molecule is Cc1nccc2c(CC(=O)C3CCN(Cc4ccc(Cl)cc4Cl)CC3)cccc12. The lowest BCUT2D eigenvalue weighted by Gasteiger charge is -2.31. The van der Waals surface area contributed by atoms with E-state index >= 15 is 0 Å². The van der Waals surface area contributed by atoms with Gasteiger partial charge in [-0.15, -0.1) is 0 Å². The van der Waals surface area contributed by atoms with Gasteiger partial charge in [0.15, 0.2) is 0 Å². The Morgan fingerprint density at radius 1 is 1.07 bits per heavy atom. The van der Waals surface area contributed by atoms with Crippen LogP contribution in [0.2, 0.25) is 10.0 Å². The van der Waals surface area contributed by atoms with E-state index in [0.717, 1.165) is 60.1 Å². The Morgan fingerprint density at radius 3 is 2.62 bits per heavy atom. The van der Waals surface area contributed by atoms with Crippen molar-refractivity contribution in [2.45, 2.75) is 32.7 Å². The predicted molar refractivity (Wildman–Crippen MR) is 120 cm³/mol. The Bertz CT molecular complexity index is 1040. The van der Waals surface area contributed by atoms with Gasteiger partial charge in [0.05, 0.1) is 0 Å². The van der Waals surface area contributed by atoms with E-state index < -0.39 is 0 Å². The summed E-state index contributed by atoms with van der Waals surface area (Å²) in [5, 5.41) is 3.63. The standard InChI is InChI=1S/C24H24Cl2N2O/c1-16-21-4-2-3-18(22(21)7-10-27-16)13-24(29)17-8-11-28(12-9-17)15-19-5-6-20(25)14-23(19)26/h2-7,10,14,17H,8-9,11-13,15H2,1H3. The van der Waals surface area contributed by atoms with Crippen LogP contribution in [0.3, 0.4) is 0 Å². The maximum atomic E-state index is 13.0. The monoisotopic (exact) mass is 426 g/mol. The Labute approximate surface area is 181 Å². The van der Waals surface area contributed by atoms with E-state index in [4.69, 9.17) is 23.2 Å². The minimum atomic E-state index is 0.130. The summed E-state index contributed by atoms with van der Waals surface area (Å²) in [4.78, 5) is 19.7. The van der Waals surface area contributed by atoms with Gasteiger partial charge in [-0.05, 0) is 67.6 Å². The number of rotatable bonds is 5.